The highest BCUT2D eigenvalue weighted by atomic mass is 16.2. The van der Waals surface area contributed by atoms with E-state index in [1.807, 2.05) is 12.1 Å². The Morgan fingerprint density at radius 1 is 1.00 bits per heavy atom. The topological polar surface area (TPSA) is 88.8 Å². The van der Waals surface area contributed by atoms with Crippen LogP contribution in [0.3, 0.4) is 0 Å². The van der Waals surface area contributed by atoms with Crippen LogP contribution in [0, 0.1) is 5.92 Å². The quantitative estimate of drug-likeness (QED) is 0.720. The van der Waals surface area contributed by atoms with E-state index in [2.05, 4.69) is 54.8 Å². The number of carbonyl (C=O) groups is 1. The smallest absolute Gasteiger partial charge is 0.223 e. The molecule has 1 N–H and O–H groups in total. The third-order valence-corrected chi connectivity index (χ3v) is 6.17. The highest BCUT2D eigenvalue weighted by Crippen LogP contribution is 2.30. The van der Waals surface area contributed by atoms with Gasteiger partial charge in [-0.25, -0.2) is 9.67 Å². The van der Waals surface area contributed by atoms with E-state index in [0.717, 1.165) is 51.0 Å². The second kappa shape index (κ2) is 8.22. The van der Waals surface area contributed by atoms with E-state index < -0.39 is 0 Å². The van der Waals surface area contributed by atoms with Gasteiger partial charge in [-0.2, -0.15) is 5.10 Å². The van der Waals surface area contributed by atoms with Gasteiger partial charge in [0.15, 0.2) is 11.6 Å². The van der Waals surface area contributed by atoms with Crippen LogP contribution in [-0.2, 0) is 11.2 Å². The highest BCUT2D eigenvalue weighted by Gasteiger charge is 2.29. The number of rotatable bonds is 4. The fraction of sp³-hybridized carbons (Fsp3) is 0.409. The number of anilines is 1. The predicted molar refractivity (Wildman–Crippen MR) is 112 cm³/mol. The second-order valence-corrected chi connectivity index (χ2v) is 8.00. The average Bonchev–Trinajstić information content (AvgIpc) is 3.35. The van der Waals surface area contributed by atoms with Gasteiger partial charge in [-0.05, 0) is 55.4 Å². The molecule has 1 aliphatic heterocycles. The molecule has 1 atom stereocenters. The lowest BCUT2D eigenvalue weighted by molar-refractivity contribution is -0.126. The molecule has 0 spiro atoms. The summed E-state index contributed by atoms with van der Waals surface area (Å²) in [7, 11) is 0. The van der Waals surface area contributed by atoms with Crippen LogP contribution in [0.25, 0.3) is 5.82 Å². The van der Waals surface area contributed by atoms with E-state index in [9.17, 15) is 4.79 Å². The van der Waals surface area contributed by atoms with Gasteiger partial charge >= 0.3 is 0 Å². The summed E-state index contributed by atoms with van der Waals surface area (Å²) in [5, 5.41) is 16.0. The molecule has 154 valence electrons. The lowest BCUT2D eigenvalue weighted by Gasteiger charge is -2.33. The minimum Gasteiger partial charge on any atom is -0.355 e. The number of benzene rings is 1. The Hall–Kier alpha value is -3.29. The Kier molecular flexibility index (Phi) is 5.13. The van der Waals surface area contributed by atoms with E-state index in [4.69, 9.17) is 0 Å². The molecule has 0 bridgehead atoms. The summed E-state index contributed by atoms with van der Waals surface area (Å²) >= 11 is 0. The predicted octanol–water partition coefficient (Wildman–Crippen LogP) is 2.47. The first-order valence-corrected chi connectivity index (χ1v) is 10.6. The molecule has 0 radical (unpaired) electrons. The van der Waals surface area contributed by atoms with E-state index >= 15 is 0 Å². The first-order valence-electron chi connectivity index (χ1n) is 10.6. The molecule has 0 unspecified atom stereocenters. The zero-order valence-corrected chi connectivity index (χ0v) is 16.8. The molecule has 3 aromatic rings. The minimum absolute atomic E-state index is 0.0534. The minimum atomic E-state index is 0.0534. The highest BCUT2D eigenvalue weighted by molar-refractivity contribution is 5.79. The van der Waals surface area contributed by atoms with Gasteiger partial charge in [-0.1, -0.05) is 24.3 Å². The van der Waals surface area contributed by atoms with Crippen molar-refractivity contribution in [2.45, 2.75) is 38.1 Å². The van der Waals surface area contributed by atoms with Crippen molar-refractivity contribution in [1.29, 1.82) is 0 Å². The molecule has 1 fully saturated rings. The third-order valence-electron chi connectivity index (χ3n) is 6.17. The number of aromatic nitrogens is 5. The van der Waals surface area contributed by atoms with E-state index in [1.165, 1.54) is 17.5 Å². The van der Waals surface area contributed by atoms with Crippen molar-refractivity contribution in [3.05, 3.63) is 60.2 Å². The standard InChI is InChI=1S/C22H25N7O/c30-22(25-19-7-3-5-16-4-1-2-6-18(16)19)17-10-12-28(13-11-17)20-8-9-21(27-26-20)29-15-23-14-24-29/h1-2,4,6,8-9,14-15,17,19H,3,5,7,10-13H2,(H,25,30)/t19-/m0/s1. The van der Waals surface area contributed by atoms with Crippen LogP contribution in [0.4, 0.5) is 5.82 Å². The Morgan fingerprint density at radius 3 is 2.57 bits per heavy atom. The molecule has 5 rings (SSSR count). The van der Waals surface area contributed by atoms with Crippen molar-refractivity contribution in [3.8, 4) is 5.82 Å². The molecule has 1 amide bonds. The number of carbonyl (C=O) groups excluding carboxylic acids is 1. The van der Waals surface area contributed by atoms with Crippen molar-refractivity contribution in [2.75, 3.05) is 18.0 Å². The van der Waals surface area contributed by atoms with Gasteiger partial charge in [0.05, 0.1) is 6.04 Å². The number of hydrogen-bond donors (Lipinski definition) is 1. The maximum absolute atomic E-state index is 12.9. The number of piperidine rings is 1. The zero-order chi connectivity index (χ0) is 20.3. The van der Waals surface area contributed by atoms with Crippen LogP contribution < -0.4 is 10.2 Å². The van der Waals surface area contributed by atoms with Crippen LogP contribution in [0.1, 0.15) is 42.9 Å². The number of amides is 1. The molecule has 1 aliphatic carbocycles. The summed E-state index contributed by atoms with van der Waals surface area (Å²) < 4.78 is 1.58. The number of nitrogens with one attached hydrogen (secondary N) is 1. The van der Waals surface area contributed by atoms with Gasteiger partial charge in [0.2, 0.25) is 5.91 Å². The van der Waals surface area contributed by atoms with Crippen molar-refractivity contribution in [3.63, 3.8) is 0 Å². The fourth-order valence-electron chi connectivity index (χ4n) is 4.50. The van der Waals surface area contributed by atoms with Crippen molar-refractivity contribution in [2.24, 2.45) is 5.92 Å². The van der Waals surface area contributed by atoms with Crippen LogP contribution in [-0.4, -0.2) is 44.0 Å². The monoisotopic (exact) mass is 403 g/mol. The van der Waals surface area contributed by atoms with Crippen LogP contribution in [0.2, 0.25) is 0 Å². The van der Waals surface area contributed by atoms with Gasteiger partial charge in [0, 0.05) is 19.0 Å². The zero-order valence-electron chi connectivity index (χ0n) is 16.8. The Labute approximate surface area is 175 Å². The van der Waals surface area contributed by atoms with Crippen molar-refractivity contribution >= 4 is 11.7 Å². The van der Waals surface area contributed by atoms with Crippen molar-refractivity contribution < 1.29 is 4.79 Å². The molecule has 8 heteroatoms. The summed E-state index contributed by atoms with van der Waals surface area (Å²) in [6.07, 6.45) is 7.98. The molecule has 2 aliphatic rings. The van der Waals surface area contributed by atoms with Gasteiger partial charge in [0.1, 0.15) is 12.7 Å². The molecule has 1 aromatic carbocycles. The Morgan fingerprint density at radius 2 is 1.80 bits per heavy atom. The molecule has 0 saturated carbocycles. The number of aryl methyl sites for hydroxylation is 1. The van der Waals surface area contributed by atoms with Gasteiger partial charge < -0.3 is 10.2 Å². The first kappa shape index (κ1) is 18.7. The summed E-state index contributed by atoms with van der Waals surface area (Å²) in [6.45, 7) is 1.60. The maximum atomic E-state index is 12.9. The normalized spacial score (nSPS) is 19.3. The summed E-state index contributed by atoms with van der Waals surface area (Å²) in [5.74, 6) is 1.71. The van der Waals surface area contributed by atoms with Gasteiger partial charge in [-0.15, -0.1) is 10.2 Å². The molecule has 2 aromatic heterocycles. The summed E-state index contributed by atoms with van der Waals surface area (Å²) in [4.78, 5) is 19.0. The largest absolute Gasteiger partial charge is 0.355 e. The molecule has 3 heterocycles. The lowest BCUT2D eigenvalue weighted by atomic mass is 9.87. The van der Waals surface area contributed by atoms with Gasteiger partial charge in [0.25, 0.3) is 0 Å². The number of fused-ring (bicyclic) bond motifs is 1. The lowest BCUT2D eigenvalue weighted by Crippen LogP contribution is -2.42. The number of hydrogen-bond acceptors (Lipinski definition) is 6. The van der Waals surface area contributed by atoms with Crippen LogP contribution >= 0.6 is 0 Å². The Balaban J connectivity index is 1.18. The van der Waals surface area contributed by atoms with Gasteiger partial charge in [-0.3, -0.25) is 4.79 Å². The van der Waals surface area contributed by atoms with E-state index in [0.29, 0.717) is 5.82 Å². The van der Waals surface area contributed by atoms with E-state index in [1.54, 1.807) is 11.0 Å². The molecule has 1 saturated heterocycles. The third kappa shape index (κ3) is 3.77. The van der Waals surface area contributed by atoms with Crippen LogP contribution in [0.5, 0.6) is 0 Å². The number of nitrogens with zero attached hydrogens (tertiary/aromatic N) is 6. The molecule has 30 heavy (non-hydrogen) atoms. The second-order valence-electron chi connectivity index (χ2n) is 8.00. The average molecular weight is 403 g/mol. The maximum Gasteiger partial charge on any atom is 0.223 e. The van der Waals surface area contributed by atoms with Crippen LogP contribution in [0.15, 0.2) is 49.1 Å². The molecular formula is C22H25N7O. The molecular weight excluding hydrogens is 378 g/mol. The summed E-state index contributed by atoms with van der Waals surface area (Å²) in [6, 6.07) is 12.5. The fourth-order valence-corrected chi connectivity index (χ4v) is 4.50. The van der Waals surface area contributed by atoms with Crippen molar-refractivity contribution in [1.82, 2.24) is 30.3 Å². The summed E-state index contributed by atoms with van der Waals surface area (Å²) in [5.41, 5.74) is 2.66. The Bertz CT molecular complexity index is 995. The molecule has 8 nitrogen and oxygen atoms in total. The first-order chi connectivity index (χ1) is 14.8. The SMILES string of the molecule is O=C(N[C@H]1CCCc2ccccc21)C1CCN(c2ccc(-n3cncn3)nn2)CC1. The van der Waals surface area contributed by atoms with E-state index in [-0.39, 0.29) is 17.9 Å².